The molecule has 146 valence electrons. The van der Waals surface area contributed by atoms with Gasteiger partial charge in [-0.25, -0.2) is 0 Å². The van der Waals surface area contributed by atoms with E-state index in [0.717, 1.165) is 48.9 Å². The Labute approximate surface area is 168 Å². The van der Waals surface area contributed by atoms with Gasteiger partial charge in [-0.05, 0) is 80.6 Å². The van der Waals surface area contributed by atoms with E-state index in [0.29, 0.717) is 6.04 Å². The summed E-state index contributed by atoms with van der Waals surface area (Å²) in [4.78, 5) is 5.08. The molecule has 1 aliphatic rings. The fourth-order valence-corrected chi connectivity index (χ4v) is 4.11. The predicted molar refractivity (Wildman–Crippen MR) is 116 cm³/mol. The van der Waals surface area contributed by atoms with Gasteiger partial charge in [-0.15, -0.1) is 0 Å². The van der Waals surface area contributed by atoms with E-state index < -0.39 is 0 Å². The number of hydrogen-bond donors (Lipinski definition) is 0. The molecule has 4 heteroatoms. The van der Waals surface area contributed by atoms with Crippen molar-refractivity contribution in [2.24, 2.45) is 0 Å². The maximum atomic E-state index is 6.17. The van der Waals surface area contributed by atoms with Crippen LogP contribution in [0.1, 0.15) is 29.2 Å². The number of methoxy groups -OCH3 is 1. The van der Waals surface area contributed by atoms with Crippen molar-refractivity contribution >= 4 is 17.3 Å². The number of nitrogens with zero attached hydrogens (tertiary/aromatic N) is 2. The molecule has 3 nitrogen and oxygen atoms in total. The Kier molecular flexibility index (Phi) is 6.33. The van der Waals surface area contributed by atoms with Crippen LogP contribution in [0.4, 0.5) is 5.69 Å². The minimum Gasteiger partial charge on any atom is -0.496 e. The average Bonchev–Trinajstić information content (AvgIpc) is 2.68. The molecule has 0 amide bonds. The highest BCUT2D eigenvalue weighted by molar-refractivity contribution is 6.31. The number of aryl methyl sites for hydroxylation is 1. The summed E-state index contributed by atoms with van der Waals surface area (Å²) >= 11 is 6.17. The first-order valence-electron chi connectivity index (χ1n) is 9.79. The summed E-state index contributed by atoms with van der Waals surface area (Å²) in [5.74, 6) is 0.982. The molecular formula is C23H31ClN2O. The molecule has 1 saturated heterocycles. The first-order valence-corrected chi connectivity index (χ1v) is 10.2. The van der Waals surface area contributed by atoms with Crippen molar-refractivity contribution in [1.29, 1.82) is 0 Å². The molecule has 1 atom stereocenters. The molecule has 1 aliphatic heterocycles. The lowest BCUT2D eigenvalue weighted by atomic mass is 9.96. The second-order valence-corrected chi connectivity index (χ2v) is 8.09. The van der Waals surface area contributed by atoms with E-state index in [2.05, 4.69) is 61.8 Å². The van der Waals surface area contributed by atoms with E-state index in [9.17, 15) is 0 Å². The fraction of sp³-hybridized carbons (Fsp3) is 0.478. The lowest BCUT2D eigenvalue weighted by Crippen LogP contribution is -2.50. The molecule has 0 saturated carbocycles. The molecule has 0 aliphatic carbocycles. The van der Waals surface area contributed by atoms with Crippen molar-refractivity contribution in [1.82, 2.24) is 4.90 Å². The van der Waals surface area contributed by atoms with Gasteiger partial charge in [-0.3, -0.25) is 4.90 Å². The summed E-state index contributed by atoms with van der Waals surface area (Å²) in [6.45, 7) is 13.1. The molecule has 1 fully saturated rings. The number of rotatable bonds is 5. The minimum atomic E-state index is 0.533. The molecule has 2 aromatic rings. The quantitative estimate of drug-likeness (QED) is 0.716. The van der Waals surface area contributed by atoms with Gasteiger partial charge in [0, 0.05) is 42.9 Å². The number of anilines is 1. The van der Waals surface area contributed by atoms with Gasteiger partial charge in [0.2, 0.25) is 0 Å². The van der Waals surface area contributed by atoms with E-state index in [1.807, 2.05) is 6.07 Å². The Morgan fingerprint density at radius 2 is 1.70 bits per heavy atom. The summed E-state index contributed by atoms with van der Waals surface area (Å²) < 4.78 is 5.45. The third-order valence-electron chi connectivity index (χ3n) is 6.03. The van der Waals surface area contributed by atoms with Crippen LogP contribution in [0.15, 0.2) is 30.3 Å². The number of piperazine rings is 1. The third kappa shape index (κ3) is 4.41. The molecule has 0 radical (unpaired) electrons. The van der Waals surface area contributed by atoms with Crippen molar-refractivity contribution in [3.8, 4) is 5.75 Å². The summed E-state index contributed by atoms with van der Waals surface area (Å²) in [5, 5.41) is 0.844. The van der Waals surface area contributed by atoms with E-state index in [4.69, 9.17) is 16.3 Å². The SMILES string of the molecule is COc1ccc(CC(C)N2CCN(c3ccc(Cl)c(C)c3)CC2)c(C)c1C. The Morgan fingerprint density at radius 3 is 2.33 bits per heavy atom. The highest BCUT2D eigenvalue weighted by Crippen LogP contribution is 2.27. The zero-order valence-electron chi connectivity index (χ0n) is 17.2. The molecule has 2 aromatic carbocycles. The molecular weight excluding hydrogens is 356 g/mol. The highest BCUT2D eigenvalue weighted by Gasteiger charge is 2.22. The van der Waals surface area contributed by atoms with Gasteiger partial charge >= 0.3 is 0 Å². The molecule has 1 unspecified atom stereocenters. The Hall–Kier alpha value is -1.71. The number of ether oxygens (including phenoxy) is 1. The van der Waals surface area contributed by atoms with Crippen molar-refractivity contribution < 1.29 is 4.74 Å². The second kappa shape index (κ2) is 8.53. The van der Waals surface area contributed by atoms with Crippen LogP contribution in [0.5, 0.6) is 5.75 Å². The summed E-state index contributed by atoms with van der Waals surface area (Å²) in [7, 11) is 1.74. The van der Waals surface area contributed by atoms with Gasteiger partial charge in [0.05, 0.1) is 7.11 Å². The smallest absolute Gasteiger partial charge is 0.122 e. The van der Waals surface area contributed by atoms with Crippen LogP contribution in [0.3, 0.4) is 0 Å². The van der Waals surface area contributed by atoms with Crippen molar-refractivity contribution in [3.05, 3.63) is 57.6 Å². The topological polar surface area (TPSA) is 15.7 Å². The van der Waals surface area contributed by atoms with Crippen LogP contribution >= 0.6 is 11.6 Å². The first-order chi connectivity index (χ1) is 12.9. The van der Waals surface area contributed by atoms with E-state index in [1.165, 1.54) is 22.4 Å². The van der Waals surface area contributed by atoms with Crippen LogP contribution in [0.25, 0.3) is 0 Å². The lowest BCUT2D eigenvalue weighted by Gasteiger charge is -2.39. The van der Waals surface area contributed by atoms with Crippen LogP contribution < -0.4 is 9.64 Å². The van der Waals surface area contributed by atoms with Crippen LogP contribution in [0.2, 0.25) is 5.02 Å². The van der Waals surface area contributed by atoms with Gasteiger partial charge < -0.3 is 9.64 Å². The maximum absolute atomic E-state index is 6.17. The molecule has 0 bridgehead atoms. The van der Waals surface area contributed by atoms with E-state index in [1.54, 1.807) is 7.11 Å². The predicted octanol–water partition coefficient (Wildman–Crippen LogP) is 5.03. The van der Waals surface area contributed by atoms with Gasteiger partial charge in [0.25, 0.3) is 0 Å². The second-order valence-electron chi connectivity index (χ2n) is 7.69. The Morgan fingerprint density at radius 1 is 1.00 bits per heavy atom. The minimum absolute atomic E-state index is 0.533. The highest BCUT2D eigenvalue weighted by atomic mass is 35.5. The maximum Gasteiger partial charge on any atom is 0.122 e. The number of benzene rings is 2. The largest absolute Gasteiger partial charge is 0.496 e. The van der Waals surface area contributed by atoms with E-state index in [-0.39, 0.29) is 0 Å². The standard InChI is InChI=1S/C23H31ClN2O/c1-16-14-21(7-8-22(16)24)26-12-10-25(11-13-26)17(2)15-20-6-9-23(27-5)19(4)18(20)3/h6-9,14,17H,10-13,15H2,1-5H3. The zero-order valence-corrected chi connectivity index (χ0v) is 17.9. The molecule has 3 rings (SSSR count). The monoisotopic (exact) mass is 386 g/mol. The van der Waals surface area contributed by atoms with Crippen LogP contribution in [-0.4, -0.2) is 44.2 Å². The Balaban J connectivity index is 1.61. The van der Waals surface area contributed by atoms with Crippen LogP contribution in [0, 0.1) is 20.8 Å². The van der Waals surface area contributed by atoms with E-state index >= 15 is 0 Å². The van der Waals surface area contributed by atoms with Gasteiger partial charge in [-0.2, -0.15) is 0 Å². The third-order valence-corrected chi connectivity index (χ3v) is 6.45. The number of hydrogen-bond acceptors (Lipinski definition) is 3. The van der Waals surface area contributed by atoms with Crippen molar-refractivity contribution in [3.63, 3.8) is 0 Å². The fourth-order valence-electron chi connectivity index (χ4n) is 3.99. The van der Waals surface area contributed by atoms with Gasteiger partial charge in [0.15, 0.2) is 0 Å². The lowest BCUT2D eigenvalue weighted by molar-refractivity contribution is 0.196. The summed E-state index contributed by atoms with van der Waals surface area (Å²) in [5.41, 5.74) is 6.47. The molecule has 0 N–H and O–H groups in total. The molecule has 1 heterocycles. The van der Waals surface area contributed by atoms with Crippen LogP contribution in [-0.2, 0) is 6.42 Å². The normalized spacial score (nSPS) is 16.4. The number of halogens is 1. The zero-order chi connectivity index (χ0) is 19.6. The molecule has 27 heavy (non-hydrogen) atoms. The average molecular weight is 387 g/mol. The van der Waals surface area contributed by atoms with Crippen molar-refractivity contribution in [2.75, 3.05) is 38.2 Å². The molecule has 0 spiro atoms. The molecule has 0 aromatic heterocycles. The first kappa shape index (κ1) is 20.0. The van der Waals surface area contributed by atoms with Gasteiger partial charge in [0.1, 0.15) is 5.75 Å². The van der Waals surface area contributed by atoms with Crippen molar-refractivity contribution in [2.45, 2.75) is 40.2 Å². The Bertz CT molecular complexity index is 797. The summed E-state index contributed by atoms with van der Waals surface area (Å²) in [6.07, 6.45) is 1.08. The van der Waals surface area contributed by atoms with Gasteiger partial charge in [-0.1, -0.05) is 17.7 Å². The summed E-state index contributed by atoms with van der Waals surface area (Å²) in [6, 6.07) is 11.2.